The van der Waals surface area contributed by atoms with Gasteiger partial charge in [-0.2, -0.15) is 0 Å². The fourth-order valence-corrected chi connectivity index (χ4v) is 10.8. The molecule has 1 unspecified atom stereocenters. The first-order valence-corrected chi connectivity index (χ1v) is 14.6. The second-order valence-corrected chi connectivity index (χ2v) is 15.5. The Morgan fingerprint density at radius 3 is 2.23 bits per heavy atom. The smallest absolute Gasteiger partial charge is 0.261 e. The van der Waals surface area contributed by atoms with Gasteiger partial charge in [0.25, 0.3) is 8.32 Å². The molecule has 0 radical (unpaired) electrons. The third-order valence-corrected chi connectivity index (χ3v) is 12.9. The van der Waals surface area contributed by atoms with Crippen LogP contribution in [0.1, 0.15) is 26.1 Å². The third kappa shape index (κ3) is 4.33. The molecule has 5 nitrogen and oxygen atoms in total. The molecular formula is C26H26ClFN4OSSi. The number of aromatic nitrogens is 4. The SMILES string of the molecule is CC(C)(C)[Si](OC[C@H]1C=C(F)C(n2cnc3c(Cl)ncnc32)S1)(c1ccccc1)c1ccccc1. The van der Waals surface area contributed by atoms with Gasteiger partial charge in [0.2, 0.25) is 0 Å². The summed E-state index contributed by atoms with van der Waals surface area (Å²) in [6, 6.07) is 20.9. The molecule has 2 aromatic carbocycles. The molecule has 1 aliphatic rings. The summed E-state index contributed by atoms with van der Waals surface area (Å²) in [6.45, 7) is 7.11. The zero-order valence-corrected chi connectivity index (χ0v) is 22.3. The van der Waals surface area contributed by atoms with E-state index < -0.39 is 13.7 Å². The summed E-state index contributed by atoms with van der Waals surface area (Å²) in [4.78, 5) is 12.5. The van der Waals surface area contributed by atoms with Crippen LogP contribution in [-0.2, 0) is 4.43 Å². The summed E-state index contributed by atoms with van der Waals surface area (Å²) in [5.74, 6) is -0.236. The van der Waals surface area contributed by atoms with Crippen LogP contribution in [0.4, 0.5) is 4.39 Å². The summed E-state index contributed by atoms with van der Waals surface area (Å²) >= 11 is 7.63. The Balaban J connectivity index is 1.46. The molecule has 9 heteroatoms. The first kappa shape index (κ1) is 24.2. The number of halogens is 2. The number of benzene rings is 2. The van der Waals surface area contributed by atoms with Crippen molar-refractivity contribution in [2.45, 2.75) is 36.4 Å². The van der Waals surface area contributed by atoms with Crippen molar-refractivity contribution in [1.82, 2.24) is 19.5 Å². The highest BCUT2D eigenvalue weighted by atomic mass is 35.5. The van der Waals surface area contributed by atoms with Gasteiger partial charge in [-0.15, -0.1) is 11.8 Å². The molecule has 4 aromatic rings. The number of hydrogen-bond acceptors (Lipinski definition) is 5. The van der Waals surface area contributed by atoms with Gasteiger partial charge >= 0.3 is 0 Å². The zero-order valence-electron chi connectivity index (χ0n) is 19.7. The predicted octanol–water partition coefficient (Wildman–Crippen LogP) is 5.52. The molecule has 1 aliphatic heterocycles. The van der Waals surface area contributed by atoms with Crippen molar-refractivity contribution in [2.24, 2.45) is 0 Å². The maximum atomic E-state index is 15.2. The van der Waals surface area contributed by atoms with Gasteiger partial charge in [0, 0.05) is 0 Å². The van der Waals surface area contributed by atoms with Gasteiger partial charge in [0.15, 0.2) is 10.8 Å². The number of nitrogens with zero attached hydrogens (tertiary/aromatic N) is 4. The van der Waals surface area contributed by atoms with E-state index in [4.69, 9.17) is 16.0 Å². The highest BCUT2D eigenvalue weighted by Crippen LogP contribution is 2.44. The van der Waals surface area contributed by atoms with E-state index >= 15 is 4.39 Å². The van der Waals surface area contributed by atoms with Crippen LogP contribution in [-0.4, -0.2) is 39.7 Å². The minimum Gasteiger partial charge on any atom is -0.406 e. The molecule has 0 saturated heterocycles. The largest absolute Gasteiger partial charge is 0.406 e. The Morgan fingerprint density at radius 1 is 1.00 bits per heavy atom. The van der Waals surface area contributed by atoms with E-state index in [9.17, 15) is 0 Å². The van der Waals surface area contributed by atoms with Crippen molar-refractivity contribution in [3.8, 4) is 0 Å². The van der Waals surface area contributed by atoms with Crippen molar-refractivity contribution in [3.63, 3.8) is 0 Å². The first-order chi connectivity index (χ1) is 16.8. The quantitative estimate of drug-likeness (QED) is 0.245. The van der Waals surface area contributed by atoms with Gasteiger partial charge in [0.05, 0.1) is 18.2 Å². The lowest BCUT2D eigenvalue weighted by Crippen LogP contribution is -2.67. The maximum Gasteiger partial charge on any atom is 0.261 e. The second-order valence-electron chi connectivity index (χ2n) is 9.54. The fourth-order valence-electron chi connectivity index (χ4n) is 4.78. The van der Waals surface area contributed by atoms with Crippen LogP contribution in [0.25, 0.3) is 11.2 Å². The van der Waals surface area contributed by atoms with Gasteiger partial charge < -0.3 is 4.43 Å². The molecule has 0 spiro atoms. The summed E-state index contributed by atoms with van der Waals surface area (Å²) in [5.41, 5.74) is 0.981. The van der Waals surface area contributed by atoms with E-state index in [1.165, 1.54) is 28.5 Å². The monoisotopic (exact) mass is 524 g/mol. The lowest BCUT2D eigenvalue weighted by molar-refractivity contribution is 0.308. The normalized spacial score (nSPS) is 18.7. The Bertz CT molecular complexity index is 1320. The molecule has 2 aromatic heterocycles. The van der Waals surface area contributed by atoms with E-state index in [0.29, 0.717) is 17.8 Å². The van der Waals surface area contributed by atoms with Crippen LogP contribution < -0.4 is 10.4 Å². The van der Waals surface area contributed by atoms with Gasteiger partial charge in [-0.05, 0) is 21.5 Å². The second kappa shape index (κ2) is 9.50. The predicted molar refractivity (Wildman–Crippen MR) is 144 cm³/mol. The minimum absolute atomic E-state index is 0.144. The van der Waals surface area contributed by atoms with Crippen LogP contribution >= 0.6 is 23.4 Å². The lowest BCUT2D eigenvalue weighted by atomic mass is 10.2. The zero-order chi connectivity index (χ0) is 24.6. The highest BCUT2D eigenvalue weighted by molar-refractivity contribution is 8.00. The molecule has 0 saturated carbocycles. The molecule has 0 fully saturated rings. The Hall–Kier alpha value is -2.52. The third-order valence-electron chi connectivity index (χ3n) is 6.33. The summed E-state index contributed by atoms with van der Waals surface area (Å²) in [7, 11) is -2.70. The van der Waals surface area contributed by atoms with Crippen LogP contribution in [0, 0.1) is 0 Å². The number of imidazole rings is 1. The van der Waals surface area contributed by atoms with Crippen molar-refractivity contribution < 1.29 is 8.82 Å². The van der Waals surface area contributed by atoms with Crippen molar-refractivity contribution >= 4 is 53.2 Å². The Morgan fingerprint density at radius 2 is 1.63 bits per heavy atom. The molecular weight excluding hydrogens is 499 g/mol. The van der Waals surface area contributed by atoms with Gasteiger partial charge in [-0.3, -0.25) is 4.57 Å². The maximum absolute atomic E-state index is 15.2. The molecule has 2 atom stereocenters. The van der Waals surface area contributed by atoms with Crippen LogP contribution in [0.2, 0.25) is 10.2 Å². The van der Waals surface area contributed by atoms with Gasteiger partial charge in [-0.1, -0.05) is 93.0 Å². The number of rotatable bonds is 6. The summed E-state index contributed by atoms with van der Waals surface area (Å²) in [5, 5.41) is 1.79. The van der Waals surface area contributed by atoms with Gasteiger partial charge in [-0.25, -0.2) is 19.3 Å². The van der Waals surface area contributed by atoms with E-state index in [-0.39, 0.29) is 21.3 Å². The molecule has 0 amide bonds. The van der Waals surface area contributed by atoms with Crippen molar-refractivity contribution in [3.05, 3.63) is 90.4 Å². The molecule has 5 rings (SSSR count). The van der Waals surface area contributed by atoms with Crippen LogP contribution in [0.15, 0.2) is 85.2 Å². The van der Waals surface area contributed by atoms with E-state index in [1.54, 1.807) is 17.0 Å². The topological polar surface area (TPSA) is 52.8 Å². The van der Waals surface area contributed by atoms with Gasteiger partial charge in [0.1, 0.15) is 23.0 Å². The van der Waals surface area contributed by atoms with E-state index in [2.05, 4.69) is 84.3 Å². The average Bonchev–Trinajstić information content (AvgIpc) is 3.44. The molecule has 0 bridgehead atoms. The number of fused-ring (bicyclic) bond motifs is 1. The highest BCUT2D eigenvalue weighted by Gasteiger charge is 2.50. The molecule has 0 aliphatic carbocycles. The Labute approximate surface area is 214 Å². The summed E-state index contributed by atoms with van der Waals surface area (Å²) in [6.07, 6.45) is 4.59. The van der Waals surface area contributed by atoms with Crippen molar-refractivity contribution in [1.29, 1.82) is 0 Å². The number of hydrogen-bond donors (Lipinski definition) is 0. The van der Waals surface area contributed by atoms with Crippen LogP contribution in [0.3, 0.4) is 0 Å². The molecule has 180 valence electrons. The van der Waals surface area contributed by atoms with Crippen molar-refractivity contribution in [2.75, 3.05) is 6.61 Å². The van der Waals surface area contributed by atoms with E-state index in [1.807, 2.05) is 12.1 Å². The van der Waals surface area contributed by atoms with Crippen LogP contribution in [0.5, 0.6) is 0 Å². The summed E-state index contributed by atoms with van der Waals surface area (Å²) < 4.78 is 23.9. The standard InChI is InChI=1S/C26H26ClFN4OSSi/c1-26(2,3)35(19-10-6-4-7-11-19,20-12-8-5-9-13-20)33-15-18-14-21(28)25(34-18)32-17-31-22-23(27)29-16-30-24(22)32/h4-14,16-18,25H,15H2,1-3H3/t18-,25?/m1/s1. The lowest BCUT2D eigenvalue weighted by Gasteiger charge is -2.43. The molecule has 0 N–H and O–H groups in total. The van der Waals surface area contributed by atoms with E-state index in [0.717, 1.165) is 0 Å². The number of thioether (sulfide) groups is 1. The molecule has 35 heavy (non-hydrogen) atoms. The first-order valence-electron chi connectivity index (χ1n) is 11.4. The molecule has 3 heterocycles. The minimum atomic E-state index is -2.70. The fraction of sp³-hybridized carbons (Fsp3) is 0.269. The Kier molecular flexibility index (Phi) is 6.56. The average molecular weight is 525 g/mol.